The zero-order valence-corrected chi connectivity index (χ0v) is 12.9. The summed E-state index contributed by atoms with van der Waals surface area (Å²) >= 11 is 12.2. The third kappa shape index (κ3) is 4.21. The lowest BCUT2D eigenvalue weighted by atomic mass is 10.1. The summed E-state index contributed by atoms with van der Waals surface area (Å²) < 4.78 is 0. The number of rotatable bonds is 6. The zero-order valence-electron chi connectivity index (χ0n) is 11.4. The van der Waals surface area contributed by atoms with Crippen molar-refractivity contribution in [3.8, 4) is 0 Å². The molecule has 0 unspecified atom stereocenters. The van der Waals surface area contributed by atoms with Crippen molar-refractivity contribution >= 4 is 34.7 Å². The molecule has 0 spiro atoms. The van der Waals surface area contributed by atoms with E-state index >= 15 is 0 Å². The van der Waals surface area contributed by atoms with Crippen molar-refractivity contribution in [1.29, 1.82) is 0 Å². The van der Waals surface area contributed by atoms with E-state index in [1.807, 2.05) is 23.1 Å². The van der Waals surface area contributed by atoms with Crippen LogP contribution in [0.2, 0.25) is 10.0 Å². The second-order valence-corrected chi connectivity index (χ2v) is 5.44. The highest BCUT2D eigenvalue weighted by molar-refractivity contribution is 6.35. The first-order valence-corrected chi connectivity index (χ1v) is 7.35. The number of benzene rings is 2. The largest absolute Gasteiger partial charge is 0.361 e. The highest BCUT2D eigenvalue weighted by atomic mass is 35.5. The molecule has 110 valence electrons. The molecule has 0 saturated carbocycles. The van der Waals surface area contributed by atoms with E-state index in [1.54, 1.807) is 30.3 Å². The molecule has 3 nitrogen and oxygen atoms in total. The van der Waals surface area contributed by atoms with Crippen LogP contribution in [-0.2, 0) is 0 Å². The molecule has 2 aromatic carbocycles. The predicted molar refractivity (Wildman–Crippen MR) is 88.5 cm³/mol. The third-order valence-electron chi connectivity index (χ3n) is 3.08. The second kappa shape index (κ2) is 7.46. The van der Waals surface area contributed by atoms with Crippen molar-refractivity contribution in [2.75, 3.05) is 24.5 Å². The van der Waals surface area contributed by atoms with Crippen LogP contribution in [0.3, 0.4) is 0 Å². The van der Waals surface area contributed by atoms with Crippen molar-refractivity contribution < 1.29 is 4.79 Å². The molecule has 5 heteroatoms. The lowest BCUT2D eigenvalue weighted by molar-refractivity contribution is 0.0999. The molecule has 2 aromatic rings. The normalized spacial score (nSPS) is 10.4. The minimum absolute atomic E-state index is 0.0140. The predicted octanol–water partition coefficient (Wildman–Crippen LogP) is 3.64. The molecule has 0 fully saturated rings. The van der Waals surface area contributed by atoms with E-state index in [2.05, 4.69) is 0 Å². The highest BCUT2D eigenvalue weighted by Crippen LogP contribution is 2.29. The van der Waals surface area contributed by atoms with Crippen molar-refractivity contribution in [3.63, 3.8) is 0 Å². The van der Waals surface area contributed by atoms with Gasteiger partial charge in [0.15, 0.2) is 5.78 Å². The molecule has 0 atom stereocenters. The molecule has 0 radical (unpaired) electrons. The van der Waals surface area contributed by atoms with Gasteiger partial charge in [0, 0.05) is 23.7 Å². The first kappa shape index (κ1) is 15.8. The maximum atomic E-state index is 12.3. The van der Waals surface area contributed by atoms with Crippen molar-refractivity contribution in [1.82, 2.24) is 0 Å². The highest BCUT2D eigenvalue weighted by Gasteiger charge is 2.15. The molecule has 2 N–H and O–H groups in total. The van der Waals surface area contributed by atoms with Gasteiger partial charge in [0.05, 0.1) is 17.3 Å². The maximum absolute atomic E-state index is 12.3. The molecule has 2 rings (SSSR count). The summed E-state index contributed by atoms with van der Waals surface area (Å²) in [5.74, 6) is 0.0140. The van der Waals surface area contributed by atoms with E-state index < -0.39 is 0 Å². The average molecular weight is 323 g/mol. The lowest BCUT2D eigenvalue weighted by Crippen LogP contribution is -2.34. The topological polar surface area (TPSA) is 46.3 Å². The number of carbonyl (C=O) groups excluding carboxylic acids is 1. The average Bonchev–Trinajstić information content (AvgIpc) is 2.50. The van der Waals surface area contributed by atoms with Crippen molar-refractivity contribution in [2.45, 2.75) is 0 Å². The lowest BCUT2D eigenvalue weighted by Gasteiger charge is -2.24. The fraction of sp³-hybridized carbons (Fsp3) is 0.188. The minimum atomic E-state index is 0.0140. The van der Waals surface area contributed by atoms with E-state index in [4.69, 9.17) is 28.9 Å². The number of Topliss-reactive ketones (excluding diaryl/α,β-unsaturated/α-hetero) is 1. The Kier molecular flexibility index (Phi) is 5.62. The quantitative estimate of drug-likeness (QED) is 0.826. The summed E-state index contributed by atoms with van der Waals surface area (Å²) in [6, 6.07) is 14.3. The number of nitrogens with zero attached hydrogens (tertiary/aromatic N) is 1. The van der Waals surface area contributed by atoms with Gasteiger partial charge in [0.2, 0.25) is 0 Å². The summed E-state index contributed by atoms with van der Waals surface area (Å²) in [7, 11) is 0. The zero-order chi connectivity index (χ0) is 15.2. The van der Waals surface area contributed by atoms with Gasteiger partial charge in [-0.3, -0.25) is 4.79 Å². The Hall–Kier alpha value is -1.55. The molecular weight excluding hydrogens is 307 g/mol. The summed E-state index contributed by atoms with van der Waals surface area (Å²) in [5.41, 5.74) is 7.03. The van der Waals surface area contributed by atoms with Crippen LogP contribution in [-0.4, -0.2) is 25.4 Å². The van der Waals surface area contributed by atoms with Gasteiger partial charge >= 0.3 is 0 Å². The fourth-order valence-corrected chi connectivity index (χ4v) is 2.46. The molecule has 0 heterocycles. The van der Waals surface area contributed by atoms with E-state index in [0.29, 0.717) is 28.7 Å². The maximum Gasteiger partial charge on any atom is 0.182 e. The Labute approximate surface area is 134 Å². The van der Waals surface area contributed by atoms with Crippen LogP contribution in [0.5, 0.6) is 0 Å². The Balaban J connectivity index is 2.23. The van der Waals surface area contributed by atoms with Crippen LogP contribution in [0, 0.1) is 0 Å². The standard InChI is InChI=1S/C16H16Cl2N2O/c17-13-6-7-14(18)15(10-13)20(9-8-19)11-16(21)12-4-2-1-3-5-12/h1-7,10H,8-9,11,19H2. The van der Waals surface area contributed by atoms with Gasteiger partial charge in [-0.15, -0.1) is 0 Å². The molecular formula is C16H16Cl2N2O. The molecule has 21 heavy (non-hydrogen) atoms. The van der Waals surface area contributed by atoms with Crippen LogP contribution < -0.4 is 10.6 Å². The molecule has 0 aromatic heterocycles. The first-order chi connectivity index (χ1) is 10.1. The Bertz CT molecular complexity index is 617. The second-order valence-electron chi connectivity index (χ2n) is 4.60. The number of carbonyl (C=O) groups is 1. The number of hydrogen-bond donors (Lipinski definition) is 1. The Morgan fingerprint density at radius 1 is 1.10 bits per heavy atom. The Morgan fingerprint density at radius 2 is 1.81 bits per heavy atom. The van der Waals surface area contributed by atoms with Crippen LogP contribution in [0.25, 0.3) is 0 Å². The van der Waals surface area contributed by atoms with E-state index in [1.165, 1.54) is 0 Å². The van der Waals surface area contributed by atoms with E-state index in [9.17, 15) is 4.79 Å². The number of anilines is 1. The monoisotopic (exact) mass is 322 g/mol. The van der Waals surface area contributed by atoms with Gasteiger partial charge in [-0.05, 0) is 18.2 Å². The molecule has 0 aliphatic heterocycles. The number of hydrogen-bond acceptors (Lipinski definition) is 3. The minimum Gasteiger partial charge on any atom is -0.361 e. The SMILES string of the molecule is NCCN(CC(=O)c1ccccc1)c1cc(Cl)ccc1Cl. The molecule has 0 aliphatic carbocycles. The smallest absolute Gasteiger partial charge is 0.182 e. The third-order valence-corrected chi connectivity index (χ3v) is 3.63. The van der Waals surface area contributed by atoms with Gasteiger partial charge in [-0.1, -0.05) is 53.5 Å². The van der Waals surface area contributed by atoms with Gasteiger partial charge in [0.1, 0.15) is 0 Å². The van der Waals surface area contributed by atoms with Crippen molar-refractivity contribution in [3.05, 3.63) is 64.1 Å². The van der Waals surface area contributed by atoms with Gasteiger partial charge in [0.25, 0.3) is 0 Å². The van der Waals surface area contributed by atoms with Crippen molar-refractivity contribution in [2.24, 2.45) is 5.73 Å². The van der Waals surface area contributed by atoms with E-state index in [0.717, 1.165) is 5.69 Å². The molecule has 0 saturated heterocycles. The Morgan fingerprint density at radius 3 is 2.48 bits per heavy atom. The van der Waals surface area contributed by atoms with Gasteiger partial charge in [-0.2, -0.15) is 0 Å². The van der Waals surface area contributed by atoms with Crippen LogP contribution >= 0.6 is 23.2 Å². The fourth-order valence-electron chi connectivity index (χ4n) is 2.06. The summed E-state index contributed by atoms with van der Waals surface area (Å²) in [6.45, 7) is 1.16. The van der Waals surface area contributed by atoms with Gasteiger partial charge < -0.3 is 10.6 Å². The summed E-state index contributed by atoms with van der Waals surface area (Å²) in [4.78, 5) is 14.2. The van der Waals surface area contributed by atoms with Crippen LogP contribution in [0.4, 0.5) is 5.69 Å². The molecule has 0 bridgehead atoms. The number of nitrogens with two attached hydrogens (primary N) is 1. The van der Waals surface area contributed by atoms with Gasteiger partial charge in [-0.25, -0.2) is 0 Å². The van der Waals surface area contributed by atoms with Crippen LogP contribution in [0.1, 0.15) is 10.4 Å². The summed E-state index contributed by atoms with van der Waals surface area (Å²) in [6.07, 6.45) is 0. The first-order valence-electron chi connectivity index (χ1n) is 6.60. The van der Waals surface area contributed by atoms with Crippen LogP contribution in [0.15, 0.2) is 48.5 Å². The van der Waals surface area contributed by atoms with E-state index in [-0.39, 0.29) is 12.3 Å². The molecule has 0 amide bonds. The summed E-state index contributed by atoms with van der Waals surface area (Å²) in [5, 5.41) is 1.12. The molecule has 0 aliphatic rings. The number of ketones is 1. The number of halogens is 2.